The Morgan fingerprint density at radius 2 is 1.43 bits per heavy atom. The number of rotatable bonds is 4. The molecule has 0 saturated heterocycles. The van der Waals surface area contributed by atoms with Crippen molar-refractivity contribution in [3.63, 3.8) is 0 Å². The summed E-state index contributed by atoms with van der Waals surface area (Å²) < 4.78 is 3.60. The van der Waals surface area contributed by atoms with E-state index >= 15 is 0 Å². The molecule has 138 valence electrons. The van der Waals surface area contributed by atoms with Crippen molar-refractivity contribution in [2.24, 2.45) is 0 Å². The molecule has 0 aliphatic rings. The van der Waals surface area contributed by atoms with Crippen molar-refractivity contribution in [1.29, 1.82) is 0 Å². The van der Waals surface area contributed by atoms with Crippen LogP contribution in [-0.2, 0) is 0 Å². The van der Waals surface area contributed by atoms with Crippen LogP contribution in [0.2, 0.25) is 0 Å². The lowest BCUT2D eigenvalue weighted by Crippen LogP contribution is -2.14. The number of para-hydroxylation sites is 1. The van der Waals surface area contributed by atoms with Crippen LogP contribution in [0.15, 0.2) is 87.8 Å². The number of carbonyl (C=O) groups is 1. The first-order valence-electron chi connectivity index (χ1n) is 8.45. The zero-order valence-corrected chi connectivity index (χ0v) is 17.7. The molecule has 0 unspecified atom stereocenters. The van der Waals surface area contributed by atoms with E-state index in [1.165, 1.54) is 0 Å². The Labute approximate surface area is 178 Å². The molecule has 4 rings (SSSR count). The number of halogens is 2. The Kier molecular flexibility index (Phi) is 5.36. The number of amides is 1. The Morgan fingerprint density at radius 1 is 0.821 bits per heavy atom. The quantitative estimate of drug-likeness (QED) is 0.392. The lowest BCUT2D eigenvalue weighted by Gasteiger charge is -2.06. The summed E-state index contributed by atoms with van der Waals surface area (Å²) in [6, 6.07) is 24.6. The maximum absolute atomic E-state index is 12.7. The molecule has 0 aliphatic carbocycles. The molecule has 0 bridgehead atoms. The zero-order valence-electron chi connectivity index (χ0n) is 14.5. The van der Waals surface area contributed by atoms with Gasteiger partial charge in [0.2, 0.25) is 5.82 Å². The van der Waals surface area contributed by atoms with E-state index in [0.717, 1.165) is 20.2 Å². The largest absolute Gasteiger partial charge is 0.319 e. The molecule has 1 N–H and O–H groups in total. The van der Waals surface area contributed by atoms with Crippen LogP contribution in [0.1, 0.15) is 10.6 Å². The predicted molar refractivity (Wildman–Crippen MR) is 117 cm³/mol. The number of aromatic nitrogens is 3. The summed E-state index contributed by atoms with van der Waals surface area (Å²) in [5, 5.41) is 7.30. The first-order valence-corrected chi connectivity index (χ1v) is 10.0. The average molecular weight is 498 g/mol. The smallest absolute Gasteiger partial charge is 0.295 e. The molecule has 0 radical (unpaired) electrons. The first-order chi connectivity index (χ1) is 13.6. The maximum atomic E-state index is 12.7. The standard InChI is InChI=1S/C21H14Br2N4O/c22-15-8-6-14(7-9-15)20-25-19(21(28)24-17-4-2-1-3-5-17)26-27(20)18-12-10-16(23)11-13-18/h1-13H,(H,24,28). The fourth-order valence-electron chi connectivity index (χ4n) is 2.66. The van der Waals surface area contributed by atoms with E-state index in [-0.39, 0.29) is 11.7 Å². The maximum Gasteiger partial charge on any atom is 0.295 e. The predicted octanol–water partition coefficient (Wildman–Crippen LogP) is 5.71. The molecule has 0 spiro atoms. The summed E-state index contributed by atoms with van der Waals surface area (Å²) in [5.41, 5.74) is 2.36. The van der Waals surface area contributed by atoms with Crippen LogP contribution in [-0.4, -0.2) is 20.7 Å². The molecule has 7 heteroatoms. The van der Waals surface area contributed by atoms with Crippen LogP contribution >= 0.6 is 31.9 Å². The van der Waals surface area contributed by atoms with E-state index in [1.807, 2.05) is 78.9 Å². The SMILES string of the molecule is O=C(Nc1ccccc1)c1nc(-c2ccc(Br)cc2)n(-c2ccc(Br)cc2)n1. The first kappa shape index (κ1) is 18.6. The summed E-state index contributed by atoms with van der Waals surface area (Å²) in [6.45, 7) is 0. The molecular formula is C21H14Br2N4O. The number of carbonyl (C=O) groups excluding carboxylic acids is 1. The number of anilines is 1. The molecule has 28 heavy (non-hydrogen) atoms. The number of benzene rings is 3. The van der Waals surface area contributed by atoms with Gasteiger partial charge in [-0.2, -0.15) is 0 Å². The highest BCUT2D eigenvalue weighted by Crippen LogP contribution is 2.24. The third-order valence-electron chi connectivity index (χ3n) is 4.02. The van der Waals surface area contributed by atoms with Crippen molar-refractivity contribution in [1.82, 2.24) is 14.8 Å². The number of nitrogens with zero attached hydrogens (tertiary/aromatic N) is 3. The van der Waals surface area contributed by atoms with Gasteiger partial charge in [0.25, 0.3) is 5.91 Å². The van der Waals surface area contributed by atoms with E-state index in [0.29, 0.717) is 11.5 Å². The molecule has 1 aromatic heterocycles. The number of hydrogen-bond donors (Lipinski definition) is 1. The zero-order chi connectivity index (χ0) is 19.5. The Hall–Kier alpha value is -2.77. The molecule has 3 aromatic carbocycles. The third-order valence-corrected chi connectivity index (χ3v) is 5.07. The molecule has 0 fully saturated rings. The lowest BCUT2D eigenvalue weighted by molar-refractivity contribution is 0.101. The molecule has 4 aromatic rings. The van der Waals surface area contributed by atoms with Crippen LogP contribution in [0.5, 0.6) is 0 Å². The van der Waals surface area contributed by atoms with Gasteiger partial charge < -0.3 is 5.32 Å². The van der Waals surface area contributed by atoms with Crippen molar-refractivity contribution in [2.75, 3.05) is 5.32 Å². The van der Waals surface area contributed by atoms with Crippen LogP contribution in [0.25, 0.3) is 17.1 Å². The summed E-state index contributed by atoms with van der Waals surface area (Å²) >= 11 is 6.88. The Balaban J connectivity index is 1.76. The van der Waals surface area contributed by atoms with E-state index in [2.05, 4.69) is 47.3 Å². The fraction of sp³-hybridized carbons (Fsp3) is 0. The monoisotopic (exact) mass is 496 g/mol. The number of hydrogen-bond acceptors (Lipinski definition) is 3. The summed E-state index contributed by atoms with van der Waals surface area (Å²) in [4.78, 5) is 17.2. The lowest BCUT2D eigenvalue weighted by atomic mass is 10.2. The second-order valence-corrected chi connectivity index (χ2v) is 7.81. The summed E-state index contributed by atoms with van der Waals surface area (Å²) in [7, 11) is 0. The van der Waals surface area contributed by atoms with Crippen LogP contribution < -0.4 is 5.32 Å². The topological polar surface area (TPSA) is 59.8 Å². The van der Waals surface area contributed by atoms with E-state index in [1.54, 1.807) is 4.68 Å². The third kappa shape index (κ3) is 4.05. The highest BCUT2D eigenvalue weighted by molar-refractivity contribution is 9.10. The number of nitrogens with one attached hydrogen (secondary N) is 1. The van der Waals surface area contributed by atoms with Gasteiger partial charge in [0.05, 0.1) is 5.69 Å². The molecule has 0 saturated carbocycles. The highest BCUT2D eigenvalue weighted by Gasteiger charge is 2.19. The summed E-state index contributed by atoms with van der Waals surface area (Å²) in [5.74, 6) is 0.332. The average Bonchev–Trinajstić information content (AvgIpc) is 3.15. The minimum absolute atomic E-state index is 0.102. The Morgan fingerprint density at radius 3 is 2.07 bits per heavy atom. The van der Waals surface area contributed by atoms with Gasteiger partial charge in [0.1, 0.15) is 0 Å². The minimum atomic E-state index is -0.361. The van der Waals surface area contributed by atoms with Crippen LogP contribution in [0.4, 0.5) is 5.69 Å². The van der Waals surface area contributed by atoms with Crippen molar-refractivity contribution < 1.29 is 4.79 Å². The van der Waals surface area contributed by atoms with Crippen LogP contribution in [0, 0.1) is 0 Å². The second kappa shape index (κ2) is 8.08. The molecule has 1 heterocycles. The van der Waals surface area contributed by atoms with Gasteiger partial charge in [0.15, 0.2) is 5.82 Å². The van der Waals surface area contributed by atoms with E-state index < -0.39 is 0 Å². The molecule has 1 amide bonds. The van der Waals surface area contributed by atoms with Crippen molar-refractivity contribution in [2.45, 2.75) is 0 Å². The molecule has 0 atom stereocenters. The molecular weight excluding hydrogens is 484 g/mol. The van der Waals surface area contributed by atoms with E-state index in [9.17, 15) is 4.79 Å². The van der Waals surface area contributed by atoms with Gasteiger partial charge in [-0.15, -0.1) is 5.10 Å². The highest BCUT2D eigenvalue weighted by atomic mass is 79.9. The van der Waals surface area contributed by atoms with E-state index in [4.69, 9.17) is 0 Å². The van der Waals surface area contributed by atoms with Gasteiger partial charge in [0, 0.05) is 20.2 Å². The summed E-state index contributed by atoms with van der Waals surface area (Å²) in [6.07, 6.45) is 0. The second-order valence-electron chi connectivity index (χ2n) is 5.97. The van der Waals surface area contributed by atoms with Gasteiger partial charge in [-0.1, -0.05) is 62.2 Å². The van der Waals surface area contributed by atoms with Crippen molar-refractivity contribution >= 4 is 43.5 Å². The van der Waals surface area contributed by atoms with Crippen molar-refractivity contribution in [3.8, 4) is 17.1 Å². The molecule has 5 nitrogen and oxygen atoms in total. The normalized spacial score (nSPS) is 10.6. The minimum Gasteiger partial charge on any atom is -0.319 e. The van der Waals surface area contributed by atoms with Gasteiger partial charge >= 0.3 is 0 Å². The van der Waals surface area contributed by atoms with Crippen LogP contribution in [0.3, 0.4) is 0 Å². The van der Waals surface area contributed by atoms with Gasteiger partial charge in [-0.3, -0.25) is 4.79 Å². The van der Waals surface area contributed by atoms with Gasteiger partial charge in [-0.25, -0.2) is 9.67 Å². The molecule has 0 aliphatic heterocycles. The Bertz CT molecular complexity index is 1040. The fourth-order valence-corrected chi connectivity index (χ4v) is 3.19. The van der Waals surface area contributed by atoms with Gasteiger partial charge in [-0.05, 0) is 48.5 Å². The van der Waals surface area contributed by atoms with Crippen molar-refractivity contribution in [3.05, 3.63) is 93.6 Å².